The zero-order chi connectivity index (χ0) is 15.6. The average molecular weight is 309 g/mol. The number of hydrogen-bond acceptors (Lipinski definition) is 4. The summed E-state index contributed by atoms with van der Waals surface area (Å²) in [5, 5.41) is 2.96. The van der Waals surface area contributed by atoms with Crippen LogP contribution in [0, 0.1) is 6.92 Å². The molecule has 5 nitrogen and oxygen atoms in total. The normalized spacial score (nSPS) is 21.5. The fourth-order valence-electron chi connectivity index (χ4n) is 2.88. The third kappa shape index (κ3) is 2.69. The summed E-state index contributed by atoms with van der Waals surface area (Å²) in [4.78, 5) is 32.4. The van der Waals surface area contributed by atoms with Gasteiger partial charge in [-0.25, -0.2) is 4.98 Å². The van der Waals surface area contributed by atoms with Crippen molar-refractivity contribution >= 4 is 23.2 Å². The molecule has 2 heterocycles. The fourth-order valence-corrected chi connectivity index (χ4v) is 3.66. The van der Waals surface area contributed by atoms with Crippen molar-refractivity contribution in [2.45, 2.75) is 65.1 Å². The van der Waals surface area contributed by atoms with Gasteiger partial charge in [0.1, 0.15) is 11.6 Å². The maximum absolute atomic E-state index is 13.0. The predicted molar refractivity (Wildman–Crippen MR) is 82.9 cm³/mol. The number of carbonyl (C=O) groups is 2. The van der Waals surface area contributed by atoms with Crippen molar-refractivity contribution in [2.75, 3.05) is 0 Å². The molecule has 1 unspecified atom stereocenters. The van der Waals surface area contributed by atoms with Crippen LogP contribution in [0.3, 0.4) is 0 Å². The highest BCUT2D eigenvalue weighted by molar-refractivity contribution is 7.09. The van der Waals surface area contributed by atoms with E-state index < -0.39 is 5.54 Å². The first-order chi connectivity index (χ1) is 9.99. The summed E-state index contributed by atoms with van der Waals surface area (Å²) >= 11 is 1.54. The summed E-state index contributed by atoms with van der Waals surface area (Å²) in [7, 11) is 0. The fraction of sp³-hybridized carbons (Fsp3) is 0.667. The molecule has 1 N–H and O–H groups in total. The van der Waals surface area contributed by atoms with Gasteiger partial charge in [-0.05, 0) is 26.2 Å². The van der Waals surface area contributed by atoms with E-state index >= 15 is 0 Å². The Morgan fingerprint density at radius 3 is 2.48 bits per heavy atom. The maximum Gasteiger partial charge on any atom is 0.249 e. The summed E-state index contributed by atoms with van der Waals surface area (Å²) in [6.07, 6.45) is 1.85. The number of nitrogens with zero attached hydrogens (tertiary/aromatic N) is 2. The van der Waals surface area contributed by atoms with Gasteiger partial charge in [0.05, 0.1) is 17.7 Å². The molecule has 0 saturated carbocycles. The Bertz CT molecular complexity index is 537. The smallest absolute Gasteiger partial charge is 0.249 e. The SMILES string of the molecule is CCC1C(=O)NC(CC)(CC)C(=O)N1Cc1scnc1C. The van der Waals surface area contributed by atoms with E-state index in [1.54, 1.807) is 10.4 Å². The Kier molecular flexibility index (Phi) is 4.66. The molecule has 0 bridgehead atoms. The van der Waals surface area contributed by atoms with Crippen LogP contribution in [0.4, 0.5) is 0 Å². The van der Waals surface area contributed by atoms with Gasteiger partial charge in [0.15, 0.2) is 0 Å². The van der Waals surface area contributed by atoms with Gasteiger partial charge in [-0.15, -0.1) is 11.3 Å². The Hall–Kier alpha value is -1.43. The summed E-state index contributed by atoms with van der Waals surface area (Å²) in [5.74, 6) is -0.00489. The van der Waals surface area contributed by atoms with E-state index in [0.717, 1.165) is 10.6 Å². The van der Waals surface area contributed by atoms with E-state index in [9.17, 15) is 9.59 Å². The van der Waals surface area contributed by atoms with Crippen LogP contribution in [0.2, 0.25) is 0 Å². The van der Waals surface area contributed by atoms with E-state index in [1.807, 2.05) is 27.7 Å². The molecule has 21 heavy (non-hydrogen) atoms. The van der Waals surface area contributed by atoms with Crippen molar-refractivity contribution in [3.05, 3.63) is 16.1 Å². The second-order valence-corrected chi connectivity index (χ2v) is 6.44. The Morgan fingerprint density at radius 2 is 2.00 bits per heavy atom. The molecule has 1 fully saturated rings. The molecule has 116 valence electrons. The number of amides is 2. The van der Waals surface area contributed by atoms with Crippen LogP contribution in [0.1, 0.15) is 50.6 Å². The molecule has 1 aromatic rings. The van der Waals surface area contributed by atoms with Crippen LogP contribution in [0.15, 0.2) is 5.51 Å². The van der Waals surface area contributed by atoms with E-state index in [0.29, 0.717) is 25.8 Å². The Morgan fingerprint density at radius 1 is 1.33 bits per heavy atom. The van der Waals surface area contributed by atoms with E-state index in [1.165, 1.54) is 11.3 Å². The number of piperazine rings is 1. The molecule has 1 saturated heterocycles. The molecular formula is C15H23N3O2S. The molecule has 0 radical (unpaired) electrons. The van der Waals surface area contributed by atoms with Gasteiger partial charge in [-0.2, -0.15) is 0 Å². The molecule has 0 aliphatic carbocycles. The summed E-state index contributed by atoms with van der Waals surface area (Å²) in [6, 6.07) is -0.384. The lowest BCUT2D eigenvalue weighted by molar-refractivity contribution is -0.156. The van der Waals surface area contributed by atoms with Gasteiger partial charge in [0.25, 0.3) is 0 Å². The minimum atomic E-state index is -0.749. The van der Waals surface area contributed by atoms with Crippen LogP contribution >= 0.6 is 11.3 Å². The number of rotatable bonds is 5. The van der Waals surface area contributed by atoms with Crippen molar-refractivity contribution in [1.29, 1.82) is 0 Å². The topological polar surface area (TPSA) is 62.3 Å². The van der Waals surface area contributed by atoms with Gasteiger partial charge in [0.2, 0.25) is 11.8 Å². The minimum Gasteiger partial charge on any atom is -0.340 e. The molecule has 0 spiro atoms. The number of aryl methyl sites for hydroxylation is 1. The Balaban J connectivity index is 2.35. The lowest BCUT2D eigenvalue weighted by Crippen LogP contribution is -2.69. The van der Waals surface area contributed by atoms with E-state index in [-0.39, 0.29) is 17.9 Å². The second kappa shape index (κ2) is 6.13. The number of thiazole rings is 1. The van der Waals surface area contributed by atoms with Crippen molar-refractivity contribution < 1.29 is 9.59 Å². The third-order valence-corrected chi connectivity index (χ3v) is 5.38. The Labute approximate surface area is 129 Å². The van der Waals surface area contributed by atoms with Gasteiger partial charge in [-0.1, -0.05) is 20.8 Å². The van der Waals surface area contributed by atoms with Gasteiger partial charge < -0.3 is 10.2 Å². The first kappa shape index (κ1) is 15.9. The van der Waals surface area contributed by atoms with Crippen molar-refractivity contribution in [3.63, 3.8) is 0 Å². The lowest BCUT2D eigenvalue weighted by atomic mass is 9.86. The molecule has 0 aromatic carbocycles. The van der Waals surface area contributed by atoms with Crippen molar-refractivity contribution in [2.24, 2.45) is 0 Å². The molecular weight excluding hydrogens is 286 g/mol. The van der Waals surface area contributed by atoms with Gasteiger partial charge >= 0.3 is 0 Å². The summed E-state index contributed by atoms with van der Waals surface area (Å²) in [6.45, 7) is 8.25. The van der Waals surface area contributed by atoms with Crippen LogP contribution < -0.4 is 5.32 Å². The monoisotopic (exact) mass is 309 g/mol. The second-order valence-electron chi connectivity index (χ2n) is 5.50. The number of carbonyl (C=O) groups excluding carboxylic acids is 2. The van der Waals surface area contributed by atoms with Crippen LogP contribution in [-0.2, 0) is 16.1 Å². The molecule has 1 aliphatic rings. The van der Waals surface area contributed by atoms with Gasteiger partial charge in [0, 0.05) is 4.88 Å². The zero-order valence-electron chi connectivity index (χ0n) is 13.1. The van der Waals surface area contributed by atoms with Crippen LogP contribution in [-0.4, -0.2) is 33.3 Å². The first-order valence-electron chi connectivity index (χ1n) is 7.51. The van der Waals surface area contributed by atoms with Crippen molar-refractivity contribution in [1.82, 2.24) is 15.2 Å². The molecule has 1 atom stereocenters. The maximum atomic E-state index is 13.0. The third-order valence-electron chi connectivity index (χ3n) is 4.46. The molecule has 2 rings (SSSR count). The molecule has 6 heteroatoms. The van der Waals surface area contributed by atoms with E-state index in [4.69, 9.17) is 0 Å². The number of nitrogens with one attached hydrogen (secondary N) is 1. The van der Waals surface area contributed by atoms with E-state index in [2.05, 4.69) is 10.3 Å². The highest BCUT2D eigenvalue weighted by atomic mass is 32.1. The highest BCUT2D eigenvalue weighted by Crippen LogP contribution is 2.28. The number of hydrogen-bond donors (Lipinski definition) is 1. The van der Waals surface area contributed by atoms with Crippen LogP contribution in [0.25, 0.3) is 0 Å². The summed E-state index contributed by atoms with van der Waals surface area (Å²) < 4.78 is 0. The first-order valence-corrected chi connectivity index (χ1v) is 8.39. The van der Waals surface area contributed by atoms with Crippen molar-refractivity contribution in [3.8, 4) is 0 Å². The lowest BCUT2D eigenvalue weighted by Gasteiger charge is -2.45. The molecule has 1 aliphatic heterocycles. The minimum absolute atomic E-state index is 0.0340. The standard InChI is InChI=1S/C15H23N3O2S/c1-5-11-13(19)17-15(6-2,7-3)14(20)18(11)8-12-10(4)16-9-21-12/h9,11H,5-8H2,1-4H3,(H,17,19). The average Bonchev–Trinajstić information content (AvgIpc) is 2.88. The van der Waals surface area contributed by atoms with Crippen LogP contribution in [0.5, 0.6) is 0 Å². The predicted octanol–water partition coefficient (Wildman–Crippen LogP) is 2.25. The largest absolute Gasteiger partial charge is 0.340 e. The molecule has 1 aromatic heterocycles. The van der Waals surface area contributed by atoms with Gasteiger partial charge in [-0.3, -0.25) is 9.59 Å². The summed E-state index contributed by atoms with van der Waals surface area (Å²) in [5.41, 5.74) is 1.97. The molecule has 2 amide bonds. The quantitative estimate of drug-likeness (QED) is 0.907. The zero-order valence-corrected chi connectivity index (χ0v) is 13.9. The number of aromatic nitrogens is 1. The highest BCUT2D eigenvalue weighted by Gasteiger charge is 2.48.